The summed E-state index contributed by atoms with van der Waals surface area (Å²) in [6.07, 6.45) is 1.93. The van der Waals surface area contributed by atoms with Gasteiger partial charge in [-0.3, -0.25) is 4.79 Å². The molecule has 0 saturated carbocycles. The topological polar surface area (TPSA) is 76.1 Å². The zero-order valence-corrected chi connectivity index (χ0v) is 14.8. The SMILES string of the molecule is COc1ccccc1Nc1cc(C(=O)NCCc2ccc(F)cc2)ncn1. The van der Waals surface area contributed by atoms with E-state index in [1.807, 2.05) is 24.3 Å². The number of carbonyl (C=O) groups excluding carboxylic acids is 1. The summed E-state index contributed by atoms with van der Waals surface area (Å²) in [6, 6.07) is 15.2. The van der Waals surface area contributed by atoms with Gasteiger partial charge in [-0.1, -0.05) is 24.3 Å². The molecule has 1 aromatic heterocycles. The summed E-state index contributed by atoms with van der Waals surface area (Å²) in [4.78, 5) is 20.5. The minimum absolute atomic E-state index is 0.251. The minimum atomic E-state index is -0.303. The first-order valence-electron chi connectivity index (χ1n) is 8.40. The van der Waals surface area contributed by atoms with Crippen LogP contribution in [0.3, 0.4) is 0 Å². The fourth-order valence-corrected chi connectivity index (χ4v) is 2.50. The highest BCUT2D eigenvalue weighted by Gasteiger charge is 2.10. The highest BCUT2D eigenvalue weighted by atomic mass is 19.1. The van der Waals surface area contributed by atoms with E-state index in [-0.39, 0.29) is 17.4 Å². The Morgan fingerprint density at radius 3 is 2.67 bits per heavy atom. The van der Waals surface area contributed by atoms with Crippen molar-refractivity contribution in [2.24, 2.45) is 0 Å². The number of hydrogen-bond acceptors (Lipinski definition) is 5. The van der Waals surface area contributed by atoms with E-state index in [0.717, 1.165) is 11.3 Å². The molecule has 138 valence electrons. The Kier molecular flexibility index (Phi) is 5.94. The van der Waals surface area contributed by atoms with Crippen molar-refractivity contribution in [3.63, 3.8) is 0 Å². The second-order valence-electron chi connectivity index (χ2n) is 5.75. The fraction of sp³-hybridized carbons (Fsp3) is 0.150. The standard InChI is InChI=1S/C20H19FN4O2/c1-27-18-5-3-2-4-16(18)25-19-12-17(23-13-24-19)20(26)22-11-10-14-6-8-15(21)9-7-14/h2-9,12-13H,10-11H2,1H3,(H,22,26)(H,23,24,25). The third kappa shape index (κ3) is 5.01. The number of nitrogens with zero attached hydrogens (tertiary/aromatic N) is 2. The molecule has 0 radical (unpaired) electrons. The lowest BCUT2D eigenvalue weighted by atomic mass is 10.1. The van der Waals surface area contributed by atoms with E-state index in [1.165, 1.54) is 18.5 Å². The molecule has 0 aliphatic rings. The van der Waals surface area contributed by atoms with Crippen LogP contribution in [-0.2, 0) is 6.42 Å². The van der Waals surface area contributed by atoms with E-state index >= 15 is 0 Å². The molecule has 6 nitrogen and oxygen atoms in total. The molecule has 0 bridgehead atoms. The minimum Gasteiger partial charge on any atom is -0.495 e. The zero-order valence-electron chi connectivity index (χ0n) is 14.8. The Bertz CT molecular complexity index is 916. The number of anilines is 2. The van der Waals surface area contributed by atoms with Crippen molar-refractivity contribution >= 4 is 17.4 Å². The van der Waals surface area contributed by atoms with Crippen molar-refractivity contribution in [3.8, 4) is 5.75 Å². The van der Waals surface area contributed by atoms with Crippen LogP contribution in [0.25, 0.3) is 0 Å². The molecule has 1 heterocycles. The number of ether oxygens (including phenoxy) is 1. The zero-order chi connectivity index (χ0) is 19.1. The van der Waals surface area contributed by atoms with Crippen molar-refractivity contribution < 1.29 is 13.9 Å². The first-order valence-corrected chi connectivity index (χ1v) is 8.40. The number of nitrogens with one attached hydrogen (secondary N) is 2. The van der Waals surface area contributed by atoms with Gasteiger partial charge in [0, 0.05) is 12.6 Å². The Balaban J connectivity index is 1.60. The summed E-state index contributed by atoms with van der Waals surface area (Å²) >= 11 is 0. The van der Waals surface area contributed by atoms with Crippen molar-refractivity contribution in [2.75, 3.05) is 19.0 Å². The van der Waals surface area contributed by atoms with E-state index in [2.05, 4.69) is 20.6 Å². The maximum Gasteiger partial charge on any atom is 0.270 e. The van der Waals surface area contributed by atoms with Crippen molar-refractivity contribution in [1.29, 1.82) is 0 Å². The summed E-state index contributed by atoms with van der Waals surface area (Å²) < 4.78 is 18.2. The van der Waals surface area contributed by atoms with E-state index in [4.69, 9.17) is 4.74 Å². The van der Waals surface area contributed by atoms with Gasteiger partial charge in [0.1, 0.15) is 29.4 Å². The number of benzene rings is 2. The average Bonchev–Trinajstić information content (AvgIpc) is 2.70. The van der Waals surface area contributed by atoms with Gasteiger partial charge in [-0.2, -0.15) is 0 Å². The van der Waals surface area contributed by atoms with E-state index in [1.54, 1.807) is 25.3 Å². The molecule has 0 unspecified atom stereocenters. The van der Waals surface area contributed by atoms with Gasteiger partial charge in [0.15, 0.2) is 0 Å². The molecule has 0 atom stereocenters. The van der Waals surface area contributed by atoms with E-state index < -0.39 is 0 Å². The molecule has 2 aromatic carbocycles. The molecule has 0 fully saturated rings. The lowest BCUT2D eigenvalue weighted by Gasteiger charge is -2.11. The second-order valence-corrected chi connectivity index (χ2v) is 5.75. The van der Waals surface area contributed by atoms with Crippen LogP contribution >= 0.6 is 0 Å². The van der Waals surface area contributed by atoms with Gasteiger partial charge in [-0.05, 0) is 36.2 Å². The summed E-state index contributed by atoms with van der Waals surface area (Å²) in [6.45, 7) is 0.420. The van der Waals surface area contributed by atoms with Crippen LogP contribution in [-0.4, -0.2) is 29.5 Å². The Hall–Kier alpha value is -3.48. The van der Waals surface area contributed by atoms with Crippen LogP contribution in [0.2, 0.25) is 0 Å². The largest absolute Gasteiger partial charge is 0.495 e. The quantitative estimate of drug-likeness (QED) is 0.671. The molecule has 0 spiro atoms. The van der Waals surface area contributed by atoms with E-state index in [9.17, 15) is 9.18 Å². The number of carbonyl (C=O) groups is 1. The molecule has 7 heteroatoms. The highest BCUT2D eigenvalue weighted by molar-refractivity contribution is 5.93. The van der Waals surface area contributed by atoms with Gasteiger partial charge in [0.2, 0.25) is 0 Å². The van der Waals surface area contributed by atoms with Crippen LogP contribution in [0.1, 0.15) is 16.1 Å². The predicted octanol–water partition coefficient (Wildman–Crippen LogP) is 3.34. The first-order chi connectivity index (χ1) is 13.2. The highest BCUT2D eigenvalue weighted by Crippen LogP contribution is 2.26. The number of amides is 1. The summed E-state index contributed by atoms with van der Waals surface area (Å²) in [7, 11) is 1.58. The Labute approximate surface area is 156 Å². The van der Waals surface area contributed by atoms with Crippen molar-refractivity contribution in [2.45, 2.75) is 6.42 Å². The maximum atomic E-state index is 12.9. The third-order valence-electron chi connectivity index (χ3n) is 3.88. The number of para-hydroxylation sites is 2. The van der Waals surface area contributed by atoms with Gasteiger partial charge in [0.05, 0.1) is 12.8 Å². The molecular formula is C20H19FN4O2. The molecule has 3 rings (SSSR count). The van der Waals surface area contributed by atoms with Gasteiger partial charge in [-0.25, -0.2) is 14.4 Å². The van der Waals surface area contributed by atoms with Crippen LogP contribution in [0.15, 0.2) is 60.9 Å². The molecular weight excluding hydrogens is 347 g/mol. The number of aromatic nitrogens is 2. The van der Waals surface area contributed by atoms with Crippen LogP contribution in [0.4, 0.5) is 15.9 Å². The maximum absolute atomic E-state index is 12.9. The van der Waals surface area contributed by atoms with Crippen molar-refractivity contribution in [1.82, 2.24) is 15.3 Å². The Morgan fingerprint density at radius 1 is 1.11 bits per heavy atom. The van der Waals surface area contributed by atoms with Crippen LogP contribution < -0.4 is 15.4 Å². The first kappa shape index (κ1) is 18.3. The molecule has 0 saturated heterocycles. The van der Waals surface area contributed by atoms with Gasteiger partial charge < -0.3 is 15.4 Å². The second kappa shape index (κ2) is 8.75. The smallest absolute Gasteiger partial charge is 0.270 e. The molecule has 0 aliphatic heterocycles. The summed E-state index contributed by atoms with van der Waals surface area (Å²) in [5, 5.41) is 5.91. The lowest BCUT2D eigenvalue weighted by molar-refractivity contribution is 0.0949. The van der Waals surface area contributed by atoms with Crippen LogP contribution in [0, 0.1) is 5.82 Å². The van der Waals surface area contributed by atoms with Crippen LogP contribution in [0.5, 0.6) is 5.75 Å². The molecule has 3 aromatic rings. The monoisotopic (exact) mass is 366 g/mol. The average molecular weight is 366 g/mol. The number of rotatable bonds is 7. The number of hydrogen-bond donors (Lipinski definition) is 2. The van der Waals surface area contributed by atoms with Gasteiger partial charge in [-0.15, -0.1) is 0 Å². The lowest BCUT2D eigenvalue weighted by Crippen LogP contribution is -2.26. The van der Waals surface area contributed by atoms with E-state index in [0.29, 0.717) is 24.5 Å². The Morgan fingerprint density at radius 2 is 1.89 bits per heavy atom. The number of halogens is 1. The fourth-order valence-electron chi connectivity index (χ4n) is 2.50. The van der Waals surface area contributed by atoms with Crippen molar-refractivity contribution in [3.05, 3.63) is 78.0 Å². The number of methoxy groups -OCH3 is 1. The van der Waals surface area contributed by atoms with Gasteiger partial charge in [0.25, 0.3) is 5.91 Å². The molecule has 1 amide bonds. The predicted molar refractivity (Wildman–Crippen MR) is 101 cm³/mol. The molecule has 0 aliphatic carbocycles. The normalized spacial score (nSPS) is 10.3. The summed E-state index contributed by atoms with van der Waals surface area (Å²) in [5.74, 6) is 0.570. The summed E-state index contributed by atoms with van der Waals surface area (Å²) in [5.41, 5.74) is 1.93. The third-order valence-corrected chi connectivity index (χ3v) is 3.88. The van der Waals surface area contributed by atoms with Gasteiger partial charge >= 0.3 is 0 Å². The molecule has 27 heavy (non-hydrogen) atoms. The molecule has 2 N–H and O–H groups in total.